The van der Waals surface area contributed by atoms with Crippen molar-refractivity contribution in [1.29, 1.82) is 0 Å². The highest BCUT2D eigenvalue weighted by Crippen LogP contribution is 2.10. The van der Waals surface area contributed by atoms with E-state index in [1.807, 2.05) is 13.8 Å². The highest BCUT2D eigenvalue weighted by Gasteiger charge is 2.28. The maximum atomic E-state index is 11.5. The number of hydrogen-bond acceptors (Lipinski definition) is 3. The van der Waals surface area contributed by atoms with E-state index in [2.05, 4.69) is 6.58 Å². The maximum Gasteiger partial charge on any atom is 0.410 e. The van der Waals surface area contributed by atoms with Crippen molar-refractivity contribution in [3.8, 4) is 0 Å². The van der Waals surface area contributed by atoms with Crippen LogP contribution in [0.15, 0.2) is 12.7 Å². The van der Waals surface area contributed by atoms with E-state index >= 15 is 0 Å². The second kappa shape index (κ2) is 6.87. The van der Waals surface area contributed by atoms with Gasteiger partial charge in [0.15, 0.2) is 0 Å². The molecule has 92 valence electrons. The summed E-state index contributed by atoms with van der Waals surface area (Å²) in [6.07, 6.45) is 1.70. The Balaban J connectivity index is 4.37. The van der Waals surface area contributed by atoms with Crippen LogP contribution in [0.4, 0.5) is 4.79 Å². The van der Waals surface area contributed by atoms with Crippen LogP contribution >= 0.6 is 0 Å². The molecule has 0 aliphatic carbocycles. The average Bonchev–Trinajstić information content (AvgIpc) is 2.16. The van der Waals surface area contributed by atoms with Crippen LogP contribution in [0, 0.1) is 5.92 Å². The molecule has 0 aromatic carbocycles. The number of carbonyl (C=O) groups is 2. The minimum absolute atomic E-state index is 0.0468. The van der Waals surface area contributed by atoms with E-state index in [-0.39, 0.29) is 12.5 Å². The van der Waals surface area contributed by atoms with Gasteiger partial charge in [0.05, 0.1) is 6.61 Å². The van der Waals surface area contributed by atoms with Crippen LogP contribution in [0.3, 0.4) is 0 Å². The third-order valence-corrected chi connectivity index (χ3v) is 2.18. The first-order valence-corrected chi connectivity index (χ1v) is 5.21. The van der Waals surface area contributed by atoms with E-state index in [9.17, 15) is 9.59 Å². The summed E-state index contributed by atoms with van der Waals surface area (Å²) in [4.78, 5) is 23.9. The third kappa shape index (κ3) is 4.33. The molecular weight excluding hydrogens is 208 g/mol. The lowest BCUT2D eigenvalue weighted by molar-refractivity contribution is -0.123. The van der Waals surface area contributed by atoms with Crippen LogP contribution in [0.1, 0.15) is 20.3 Å². The first kappa shape index (κ1) is 14.5. The van der Waals surface area contributed by atoms with Crippen molar-refractivity contribution in [1.82, 2.24) is 4.90 Å². The van der Waals surface area contributed by atoms with E-state index in [0.29, 0.717) is 6.42 Å². The van der Waals surface area contributed by atoms with E-state index in [1.54, 1.807) is 6.08 Å². The topological polar surface area (TPSA) is 72.6 Å². The zero-order valence-corrected chi connectivity index (χ0v) is 10.1. The Labute approximate surface area is 96.2 Å². The standard InChI is InChI=1S/C11H20N2O3/c1-5-6-7-16-11(15)13(4)9(8(2)3)10(12)14/h5,8-9H,1,6-7H2,2-4H3,(H2,12,14)/t9-/m0/s1. The van der Waals surface area contributed by atoms with Crippen LogP contribution < -0.4 is 5.73 Å². The molecule has 5 heteroatoms. The maximum absolute atomic E-state index is 11.5. The van der Waals surface area contributed by atoms with Crippen molar-refractivity contribution in [2.75, 3.05) is 13.7 Å². The Morgan fingerprint density at radius 3 is 2.44 bits per heavy atom. The molecule has 0 saturated heterocycles. The zero-order chi connectivity index (χ0) is 12.7. The molecule has 0 fully saturated rings. The van der Waals surface area contributed by atoms with Crippen molar-refractivity contribution in [3.05, 3.63) is 12.7 Å². The Morgan fingerprint density at radius 2 is 2.06 bits per heavy atom. The molecule has 0 heterocycles. The van der Waals surface area contributed by atoms with E-state index in [4.69, 9.17) is 10.5 Å². The highest BCUT2D eigenvalue weighted by molar-refractivity contribution is 5.84. The van der Waals surface area contributed by atoms with Gasteiger partial charge in [-0.05, 0) is 12.3 Å². The largest absolute Gasteiger partial charge is 0.449 e. The molecule has 16 heavy (non-hydrogen) atoms. The molecule has 0 bridgehead atoms. The molecule has 0 aromatic heterocycles. The van der Waals surface area contributed by atoms with Crippen molar-refractivity contribution >= 4 is 12.0 Å². The Hall–Kier alpha value is -1.52. The Morgan fingerprint density at radius 1 is 1.50 bits per heavy atom. The SMILES string of the molecule is C=CCCOC(=O)N(C)[C@H](C(N)=O)C(C)C. The van der Waals surface area contributed by atoms with Crippen molar-refractivity contribution in [2.45, 2.75) is 26.3 Å². The number of nitrogens with zero attached hydrogens (tertiary/aromatic N) is 1. The summed E-state index contributed by atoms with van der Waals surface area (Å²) in [5, 5.41) is 0. The number of likely N-dealkylation sites (N-methyl/N-ethyl adjacent to an activating group) is 1. The van der Waals surface area contributed by atoms with Crippen LogP contribution in [-0.4, -0.2) is 36.6 Å². The minimum atomic E-state index is -0.642. The lowest BCUT2D eigenvalue weighted by Crippen LogP contribution is -2.48. The van der Waals surface area contributed by atoms with E-state index < -0.39 is 18.0 Å². The van der Waals surface area contributed by atoms with E-state index in [0.717, 1.165) is 0 Å². The van der Waals surface area contributed by atoms with Gasteiger partial charge in [-0.3, -0.25) is 9.69 Å². The summed E-state index contributed by atoms with van der Waals surface area (Å²) in [5.74, 6) is -0.576. The van der Waals surface area contributed by atoms with Gasteiger partial charge in [0.1, 0.15) is 6.04 Å². The molecule has 0 radical (unpaired) electrons. The molecule has 2 amide bonds. The molecular formula is C11H20N2O3. The number of ether oxygens (including phenoxy) is 1. The summed E-state index contributed by atoms with van der Waals surface area (Å²) in [5.41, 5.74) is 5.23. The second-order valence-electron chi connectivity index (χ2n) is 3.89. The van der Waals surface area contributed by atoms with Crippen LogP contribution in [0.2, 0.25) is 0 Å². The summed E-state index contributed by atoms with van der Waals surface area (Å²) in [6.45, 7) is 7.42. The molecule has 2 N–H and O–H groups in total. The van der Waals surface area contributed by atoms with Gasteiger partial charge < -0.3 is 10.5 Å². The Kier molecular flexibility index (Phi) is 6.22. The lowest BCUT2D eigenvalue weighted by atomic mass is 10.0. The summed E-state index contributed by atoms with van der Waals surface area (Å²) >= 11 is 0. The molecule has 0 aliphatic heterocycles. The fourth-order valence-corrected chi connectivity index (χ4v) is 1.41. The van der Waals surface area contributed by atoms with Gasteiger partial charge in [0.25, 0.3) is 0 Å². The molecule has 0 unspecified atom stereocenters. The smallest absolute Gasteiger partial charge is 0.410 e. The van der Waals surface area contributed by atoms with Crippen LogP contribution in [-0.2, 0) is 9.53 Å². The number of amides is 2. The first-order chi connectivity index (χ1) is 7.41. The van der Waals surface area contributed by atoms with Gasteiger partial charge in [0, 0.05) is 7.05 Å². The molecule has 0 rings (SSSR count). The monoisotopic (exact) mass is 228 g/mol. The van der Waals surface area contributed by atoms with E-state index in [1.165, 1.54) is 11.9 Å². The summed E-state index contributed by atoms with van der Waals surface area (Å²) in [6, 6.07) is -0.642. The predicted molar refractivity (Wildman–Crippen MR) is 61.7 cm³/mol. The number of primary amides is 1. The number of hydrogen-bond donors (Lipinski definition) is 1. The quantitative estimate of drug-likeness (QED) is 0.547. The van der Waals surface area contributed by atoms with Crippen molar-refractivity contribution in [3.63, 3.8) is 0 Å². The van der Waals surface area contributed by atoms with Gasteiger partial charge in [-0.1, -0.05) is 19.9 Å². The third-order valence-electron chi connectivity index (χ3n) is 2.18. The van der Waals surface area contributed by atoms with Gasteiger partial charge in [-0.2, -0.15) is 0 Å². The van der Waals surface area contributed by atoms with Gasteiger partial charge in [0.2, 0.25) is 5.91 Å². The minimum Gasteiger partial charge on any atom is -0.449 e. The Bertz CT molecular complexity index is 264. The number of nitrogens with two attached hydrogens (primary N) is 1. The number of rotatable bonds is 6. The fourth-order valence-electron chi connectivity index (χ4n) is 1.41. The molecule has 1 atom stereocenters. The summed E-state index contributed by atoms with van der Waals surface area (Å²) in [7, 11) is 1.51. The molecule has 0 aliphatic rings. The highest BCUT2D eigenvalue weighted by atomic mass is 16.6. The van der Waals surface area contributed by atoms with Crippen molar-refractivity contribution < 1.29 is 14.3 Å². The normalized spacial score (nSPS) is 12.0. The van der Waals surface area contributed by atoms with Crippen molar-refractivity contribution in [2.24, 2.45) is 11.7 Å². The number of carbonyl (C=O) groups excluding carboxylic acids is 2. The second-order valence-corrected chi connectivity index (χ2v) is 3.89. The fraction of sp³-hybridized carbons (Fsp3) is 0.636. The molecule has 0 aromatic rings. The molecule has 5 nitrogen and oxygen atoms in total. The zero-order valence-electron chi connectivity index (χ0n) is 10.1. The molecule has 0 spiro atoms. The van der Waals surface area contributed by atoms with Gasteiger partial charge >= 0.3 is 6.09 Å². The van der Waals surface area contributed by atoms with Crippen LogP contribution in [0.25, 0.3) is 0 Å². The molecule has 0 saturated carbocycles. The van der Waals surface area contributed by atoms with Crippen LogP contribution in [0.5, 0.6) is 0 Å². The first-order valence-electron chi connectivity index (χ1n) is 5.21. The predicted octanol–water partition coefficient (Wildman–Crippen LogP) is 1.14. The van der Waals surface area contributed by atoms with Gasteiger partial charge in [-0.15, -0.1) is 6.58 Å². The average molecular weight is 228 g/mol. The summed E-state index contributed by atoms with van der Waals surface area (Å²) < 4.78 is 4.93. The lowest BCUT2D eigenvalue weighted by Gasteiger charge is -2.27. The van der Waals surface area contributed by atoms with Gasteiger partial charge in [-0.25, -0.2) is 4.79 Å².